The Kier molecular flexibility index (Phi) is 6.45. The largest absolute Gasteiger partial charge is 0.405 e. The van der Waals surface area contributed by atoms with Crippen LogP contribution >= 0.6 is 11.8 Å². The Labute approximate surface area is 175 Å². The number of alkyl halides is 3. The first kappa shape index (κ1) is 21.8. The lowest BCUT2D eigenvalue weighted by Gasteiger charge is -2.15. The van der Waals surface area contributed by atoms with Gasteiger partial charge in [0.1, 0.15) is 6.54 Å². The predicted octanol–water partition coefficient (Wildman–Crippen LogP) is 4.11. The maximum absolute atomic E-state index is 12.4. The van der Waals surface area contributed by atoms with Gasteiger partial charge in [-0.15, -0.1) is 10.2 Å². The van der Waals surface area contributed by atoms with Crippen LogP contribution in [-0.2, 0) is 4.79 Å². The van der Waals surface area contributed by atoms with Gasteiger partial charge in [0.2, 0.25) is 5.91 Å². The van der Waals surface area contributed by atoms with E-state index >= 15 is 0 Å². The molecule has 0 saturated heterocycles. The van der Waals surface area contributed by atoms with Gasteiger partial charge < -0.3 is 5.32 Å². The highest BCUT2D eigenvalue weighted by Crippen LogP contribution is 2.30. The second-order valence-corrected chi connectivity index (χ2v) is 8.05. The van der Waals surface area contributed by atoms with Crippen LogP contribution in [0.15, 0.2) is 47.9 Å². The summed E-state index contributed by atoms with van der Waals surface area (Å²) in [5.41, 5.74) is 3.75. The lowest BCUT2D eigenvalue weighted by molar-refractivity contribution is -0.137. The van der Waals surface area contributed by atoms with Crippen LogP contribution in [0.3, 0.4) is 0 Å². The summed E-state index contributed by atoms with van der Waals surface area (Å²) in [7, 11) is 0. The van der Waals surface area contributed by atoms with E-state index in [1.807, 2.05) is 37.4 Å². The van der Waals surface area contributed by atoms with Crippen molar-refractivity contribution in [3.63, 3.8) is 0 Å². The molecule has 0 aliphatic carbocycles. The Balaban J connectivity index is 1.96. The highest BCUT2D eigenvalue weighted by atomic mass is 32.2. The van der Waals surface area contributed by atoms with Gasteiger partial charge in [-0.1, -0.05) is 17.8 Å². The minimum atomic E-state index is -4.46. The molecule has 10 heteroatoms. The molecule has 6 nitrogen and oxygen atoms in total. The van der Waals surface area contributed by atoms with Gasteiger partial charge >= 0.3 is 6.18 Å². The van der Waals surface area contributed by atoms with E-state index in [4.69, 9.17) is 0 Å². The number of halogens is 3. The SMILES string of the molecule is Cc1ccc(-n2c(SC(C)C(=O)NCC(F)(F)F)nnc2-c2ccncc2)cc1C. The van der Waals surface area contributed by atoms with E-state index in [1.165, 1.54) is 6.92 Å². The van der Waals surface area contributed by atoms with Gasteiger partial charge in [0.05, 0.1) is 10.9 Å². The van der Waals surface area contributed by atoms with Crippen molar-refractivity contribution in [2.24, 2.45) is 0 Å². The summed E-state index contributed by atoms with van der Waals surface area (Å²) < 4.78 is 39.0. The molecule has 1 atom stereocenters. The lowest BCUT2D eigenvalue weighted by Crippen LogP contribution is -2.38. The van der Waals surface area contributed by atoms with Crippen LogP contribution in [0, 0.1) is 13.8 Å². The zero-order valence-electron chi connectivity index (χ0n) is 16.6. The third-order valence-corrected chi connectivity index (χ3v) is 5.48. The Morgan fingerprint density at radius 2 is 1.83 bits per heavy atom. The minimum Gasteiger partial charge on any atom is -0.346 e. The molecule has 0 radical (unpaired) electrons. The molecule has 3 rings (SSSR count). The molecule has 158 valence electrons. The maximum Gasteiger partial charge on any atom is 0.405 e. The van der Waals surface area contributed by atoms with Crippen LogP contribution in [0.4, 0.5) is 13.2 Å². The quantitative estimate of drug-likeness (QED) is 0.590. The number of aromatic nitrogens is 4. The fraction of sp³-hybridized carbons (Fsp3) is 0.300. The third kappa shape index (κ3) is 5.18. The minimum absolute atomic E-state index is 0.403. The van der Waals surface area contributed by atoms with Crippen molar-refractivity contribution in [1.82, 2.24) is 25.1 Å². The Hall–Kier alpha value is -2.88. The summed E-state index contributed by atoms with van der Waals surface area (Å²) in [4.78, 5) is 16.1. The van der Waals surface area contributed by atoms with Crippen molar-refractivity contribution in [1.29, 1.82) is 0 Å². The molecule has 0 saturated carbocycles. The first-order chi connectivity index (χ1) is 14.2. The van der Waals surface area contributed by atoms with Crippen LogP contribution in [0.5, 0.6) is 0 Å². The van der Waals surface area contributed by atoms with Crippen molar-refractivity contribution < 1.29 is 18.0 Å². The standard InChI is InChI=1S/C20H20F3N5OS/c1-12-4-5-16(10-13(12)2)28-17(15-6-8-24-9-7-15)26-27-19(28)30-14(3)18(29)25-11-20(21,22)23/h4-10,14H,11H2,1-3H3,(H,25,29). The number of aryl methyl sites for hydroxylation is 2. The topological polar surface area (TPSA) is 72.7 Å². The van der Waals surface area contributed by atoms with Gasteiger partial charge in [0.25, 0.3) is 0 Å². The van der Waals surface area contributed by atoms with Crippen LogP contribution in [0.1, 0.15) is 18.1 Å². The van der Waals surface area contributed by atoms with Gasteiger partial charge in [-0.25, -0.2) is 0 Å². The Morgan fingerprint density at radius 1 is 1.13 bits per heavy atom. The number of thioether (sulfide) groups is 1. The molecule has 1 aromatic carbocycles. The molecule has 0 fully saturated rings. The number of rotatable bonds is 6. The molecule has 3 aromatic rings. The summed E-state index contributed by atoms with van der Waals surface area (Å²) >= 11 is 1.04. The van der Waals surface area contributed by atoms with E-state index in [1.54, 1.807) is 29.1 Å². The normalized spacial score (nSPS) is 12.6. The molecule has 30 heavy (non-hydrogen) atoms. The fourth-order valence-corrected chi connectivity index (χ4v) is 3.57. The highest BCUT2D eigenvalue weighted by molar-refractivity contribution is 8.00. The summed E-state index contributed by atoms with van der Waals surface area (Å²) in [6.07, 6.45) is -1.20. The van der Waals surface area contributed by atoms with E-state index in [0.29, 0.717) is 11.0 Å². The van der Waals surface area contributed by atoms with Crippen molar-refractivity contribution in [3.8, 4) is 17.1 Å². The lowest BCUT2D eigenvalue weighted by atomic mass is 10.1. The van der Waals surface area contributed by atoms with E-state index in [-0.39, 0.29) is 0 Å². The van der Waals surface area contributed by atoms with E-state index in [0.717, 1.165) is 34.1 Å². The molecule has 0 bridgehead atoms. The number of nitrogens with one attached hydrogen (secondary N) is 1. The third-order valence-electron chi connectivity index (χ3n) is 4.44. The van der Waals surface area contributed by atoms with Crippen LogP contribution in [0.2, 0.25) is 0 Å². The molecule has 0 aliphatic heterocycles. The van der Waals surface area contributed by atoms with E-state index in [2.05, 4.69) is 15.2 Å². The van der Waals surface area contributed by atoms with Crippen molar-refractivity contribution in [2.45, 2.75) is 37.4 Å². The first-order valence-electron chi connectivity index (χ1n) is 9.10. The number of nitrogens with zero attached hydrogens (tertiary/aromatic N) is 4. The number of hydrogen-bond acceptors (Lipinski definition) is 5. The zero-order valence-corrected chi connectivity index (χ0v) is 17.4. The van der Waals surface area contributed by atoms with Gasteiger partial charge in [0, 0.05) is 18.0 Å². The molecule has 1 N–H and O–H groups in total. The Bertz CT molecular complexity index is 1040. The molecular formula is C20H20F3N5OS. The molecule has 1 unspecified atom stereocenters. The van der Waals surface area contributed by atoms with Crippen molar-refractivity contribution >= 4 is 17.7 Å². The molecule has 1 amide bonds. The van der Waals surface area contributed by atoms with Crippen LogP contribution < -0.4 is 5.32 Å². The summed E-state index contributed by atoms with van der Waals surface area (Å²) in [5.74, 6) is -0.177. The summed E-state index contributed by atoms with van der Waals surface area (Å²) in [6, 6.07) is 9.43. The molecular weight excluding hydrogens is 415 g/mol. The monoisotopic (exact) mass is 435 g/mol. The molecule has 2 heterocycles. The second-order valence-electron chi connectivity index (χ2n) is 6.74. The van der Waals surface area contributed by atoms with Gasteiger partial charge in [-0.2, -0.15) is 13.2 Å². The average Bonchev–Trinajstić information content (AvgIpc) is 3.11. The Morgan fingerprint density at radius 3 is 2.47 bits per heavy atom. The number of hydrogen-bond donors (Lipinski definition) is 1. The number of benzene rings is 1. The van der Waals surface area contributed by atoms with E-state index < -0.39 is 23.9 Å². The van der Waals surface area contributed by atoms with E-state index in [9.17, 15) is 18.0 Å². The number of amides is 1. The zero-order chi connectivity index (χ0) is 21.9. The van der Waals surface area contributed by atoms with Gasteiger partial charge in [-0.05, 0) is 56.2 Å². The van der Waals surface area contributed by atoms with Crippen molar-refractivity contribution in [2.75, 3.05) is 6.54 Å². The molecule has 2 aromatic heterocycles. The highest BCUT2D eigenvalue weighted by Gasteiger charge is 2.29. The predicted molar refractivity (Wildman–Crippen MR) is 108 cm³/mol. The fourth-order valence-electron chi connectivity index (χ4n) is 2.67. The average molecular weight is 435 g/mol. The van der Waals surface area contributed by atoms with Gasteiger partial charge in [0.15, 0.2) is 11.0 Å². The maximum atomic E-state index is 12.4. The van der Waals surface area contributed by atoms with Crippen molar-refractivity contribution in [3.05, 3.63) is 53.9 Å². The van der Waals surface area contributed by atoms with Gasteiger partial charge in [-0.3, -0.25) is 14.3 Å². The first-order valence-corrected chi connectivity index (χ1v) is 9.98. The summed E-state index contributed by atoms with van der Waals surface area (Å²) in [6.45, 7) is 4.14. The number of carbonyl (C=O) groups excluding carboxylic acids is 1. The van der Waals surface area contributed by atoms with Crippen LogP contribution in [-0.4, -0.2) is 43.6 Å². The number of pyridine rings is 1. The molecule has 0 aliphatic rings. The van der Waals surface area contributed by atoms with Crippen LogP contribution in [0.25, 0.3) is 17.1 Å². The summed E-state index contributed by atoms with van der Waals surface area (Å²) in [5, 5.41) is 9.98. The number of carbonyl (C=O) groups is 1. The smallest absolute Gasteiger partial charge is 0.346 e. The molecule has 0 spiro atoms. The second kappa shape index (κ2) is 8.86.